The molecule has 25 heavy (non-hydrogen) atoms. The summed E-state index contributed by atoms with van der Waals surface area (Å²) in [7, 11) is 1.53. The van der Waals surface area contributed by atoms with Crippen LogP contribution in [0.3, 0.4) is 0 Å². The number of carbonyl (C=O) groups is 1. The summed E-state index contributed by atoms with van der Waals surface area (Å²) in [6, 6.07) is 0. The van der Waals surface area contributed by atoms with Crippen LogP contribution >= 0.6 is 0 Å². The van der Waals surface area contributed by atoms with Gasteiger partial charge in [0.15, 0.2) is 0 Å². The van der Waals surface area contributed by atoms with Crippen molar-refractivity contribution in [2.45, 2.75) is 31.5 Å². The maximum atomic E-state index is 12.1. The molecule has 0 spiro atoms. The number of methoxy groups -OCH3 is 1. The van der Waals surface area contributed by atoms with Gasteiger partial charge in [0.1, 0.15) is 6.61 Å². The number of carbonyl (C=O) groups excluding carboxylic acids is 1. The van der Waals surface area contributed by atoms with Gasteiger partial charge in [0.05, 0.1) is 18.3 Å². The number of allylic oxidation sites excluding steroid dienone is 1. The third kappa shape index (κ3) is 4.11. The summed E-state index contributed by atoms with van der Waals surface area (Å²) in [5.74, 6) is 0.0893. The van der Waals surface area contributed by atoms with Crippen LogP contribution in [0.2, 0.25) is 0 Å². The lowest BCUT2D eigenvalue weighted by Crippen LogP contribution is -2.60. The van der Waals surface area contributed by atoms with Crippen LogP contribution in [0.15, 0.2) is 25.0 Å². The van der Waals surface area contributed by atoms with Crippen LogP contribution in [0, 0.1) is 5.92 Å². The molecule has 3 rings (SSSR count). The van der Waals surface area contributed by atoms with Gasteiger partial charge in [-0.25, -0.2) is 0 Å². The Bertz CT molecular complexity index is 617. The summed E-state index contributed by atoms with van der Waals surface area (Å²) in [6.07, 6.45) is 7.16. The topological polar surface area (TPSA) is 70.8 Å². The molecule has 2 saturated heterocycles. The molecule has 1 N–H and O–H groups in total. The number of nitrogens with zero attached hydrogens (tertiary/aromatic N) is 4. The first-order valence-electron chi connectivity index (χ1n) is 8.88. The summed E-state index contributed by atoms with van der Waals surface area (Å²) in [4.78, 5) is 16.3. The van der Waals surface area contributed by atoms with Gasteiger partial charge in [0, 0.05) is 57.5 Å². The molecule has 0 unspecified atom stereocenters. The fourth-order valence-corrected chi connectivity index (χ4v) is 3.93. The van der Waals surface area contributed by atoms with Crippen LogP contribution in [0.4, 0.5) is 0 Å². The second-order valence-electron chi connectivity index (χ2n) is 7.17. The average Bonchev–Trinajstić information content (AvgIpc) is 3.02. The fraction of sp³-hybridized carbons (Fsp3) is 0.667. The van der Waals surface area contributed by atoms with Crippen molar-refractivity contribution in [2.24, 2.45) is 5.92 Å². The Morgan fingerprint density at radius 2 is 2.28 bits per heavy atom. The zero-order chi connectivity index (χ0) is 17.9. The van der Waals surface area contributed by atoms with E-state index in [-0.39, 0.29) is 18.4 Å². The second kappa shape index (κ2) is 7.68. The molecule has 1 aromatic heterocycles. The number of likely N-dealkylation sites (tertiary alicyclic amines) is 2. The first-order chi connectivity index (χ1) is 12.0. The van der Waals surface area contributed by atoms with Gasteiger partial charge in [0.2, 0.25) is 5.91 Å². The third-order valence-corrected chi connectivity index (χ3v) is 5.38. The molecule has 0 aliphatic carbocycles. The van der Waals surface area contributed by atoms with E-state index in [9.17, 15) is 9.90 Å². The molecule has 1 amide bonds. The van der Waals surface area contributed by atoms with Gasteiger partial charge >= 0.3 is 0 Å². The third-order valence-electron chi connectivity index (χ3n) is 5.38. The van der Waals surface area contributed by atoms with Crippen LogP contribution in [0.5, 0.6) is 0 Å². The monoisotopic (exact) mass is 348 g/mol. The minimum Gasteiger partial charge on any atom is -0.389 e. The lowest BCUT2D eigenvalue weighted by Gasteiger charge is -2.50. The number of ether oxygens (including phenoxy) is 1. The average molecular weight is 348 g/mol. The minimum atomic E-state index is -0.645. The van der Waals surface area contributed by atoms with E-state index in [0.717, 1.165) is 31.6 Å². The Hall–Kier alpha value is -1.70. The molecule has 2 atom stereocenters. The number of amides is 1. The van der Waals surface area contributed by atoms with Crippen molar-refractivity contribution in [3.8, 4) is 0 Å². The number of rotatable bonds is 6. The first kappa shape index (κ1) is 18.1. The molecule has 0 radical (unpaired) electrons. The van der Waals surface area contributed by atoms with E-state index < -0.39 is 5.60 Å². The molecular weight excluding hydrogens is 320 g/mol. The van der Waals surface area contributed by atoms with Crippen LogP contribution in [-0.4, -0.2) is 76.1 Å². The Labute approximate surface area is 148 Å². The lowest BCUT2D eigenvalue weighted by molar-refractivity contribution is -0.150. The molecule has 138 valence electrons. The molecule has 7 nitrogen and oxygen atoms in total. The van der Waals surface area contributed by atoms with Crippen molar-refractivity contribution in [2.75, 3.05) is 39.9 Å². The number of aromatic nitrogens is 2. The molecule has 3 heterocycles. The Morgan fingerprint density at radius 3 is 3.04 bits per heavy atom. The molecule has 0 saturated carbocycles. The van der Waals surface area contributed by atoms with E-state index in [4.69, 9.17) is 4.74 Å². The van der Waals surface area contributed by atoms with Crippen LogP contribution in [0.1, 0.15) is 18.4 Å². The molecule has 0 aromatic carbocycles. The highest BCUT2D eigenvalue weighted by Gasteiger charge is 2.45. The van der Waals surface area contributed by atoms with Crippen LogP contribution in [0.25, 0.3) is 0 Å². The highest BCUT2D eigenvalue weighted by atomic mass is 16.5. The normalized spacial score (nSPS) is 27.1. The van der Waals surface area contributed by atoms with Crippen molar-refractivity contribution in [1.82, 2.24) is 19.6 Å². The Balaban J connectivity index is 1.60. The first-order valence-corrected chi connectivity index (χ1v) is 8.88. The number of hydrogen-bond acceptors (Lipinski definition) is 5. The molecule has 2 fully saturated rings. The number of fused-ring (bicyclic) bond motifs is 1. The molecule has 7 heteroatoms. The van der Waals surface area contributed by atoms with Crippen molar-refractivity contribution < 1.29 is 14.6 Å². The van der Waals surface area contributed by atoms with Gasteiger partial charge in [0.25, 0.3) is 0 Å². The van der Waals surface area contributed by atoms with Gasteiger partial charge in [-0.1, -0.05) is 6.08 Å². The maximum absolute atomic E-state index is 12.1. The SMILES string of the molecule is C=CCn1cc(CN2CC[C@@]3(O)CCN(C(=O)COC)C[C@H]3C2)cn1. The smallest absolute Gasteiger partial charge is 0.248 e. The van der Waals surface area contributed by atoms with Crippen molar-refractivity contribution in [3.05, 3.63) is 30.6 Å². The molecular formula is C18H28N4O3. The summed E-state index contributed by atoms with van der Waals surface area (Å²) in [5.41, 5.74) is 0.517. The van der Waals surface area contributed by atoms with E-state index in [0.29, 0.717) is 26.1 Å². The summed E-state index contributed by atoms with van der Waals surface area (Å²) in [5, 5.41) is 15.3. The van der Waals surface area contributed by atoms with E-state index in [1.54, 1.807) is 0 Å². The van der Waals surface area contributed by atoms with Crippen molar-refractivity contribution in [3.63, 3.8) is 0 Å². The van der Waals surface area contributed by atoms with Gasteiger partial charge in [-0.2, -0.15) is 5.10 Å². The predicted molar refractivity (Wildman–Crippen MR) is 93.8 cm³/mol. The van der Waals surface area contributed by atoms with Crippen molar-refractivity contribution in [1.29, 1.82) is 0 Å². The largest absolute Gasteiger partial charge is 0.389 e. The van der Waals surface area contributed by atoms with Gasteiger partial charge in [-0.15, -0.1) is 6.58 Å². The summed E-state index contributed by atoms with van der Waals surface area (Å²) >= 11 is 0. The molecule has 0 bridgehead atoms. The van der Waals surface area contributed by atoms with Crippen LogP contribution in [-0.2, 0) is 22.6 Å². The van der Waals surface area contributed by atoms with Gasteiger partial charge in [-0.3, -0.25) is 14.4 Å². The lowest BCUT2D eigenvalue weighted by atomic mass is 9.75. The minimum absolute atomic E-state index is 0.00683. The Kier molecular flexibility index (Phi) is 5.56. The van der Waals surface area contributed by atoms with Crippen LogP contribution < -0.4 is 0 Å². The number of piperidine rings is 2. The molecule has 2 aliphatic heterocycles. The van der Waals surface area contributed by atoms with E-state index in [1.807, 2.05) is 28.1 Å². The fourth-order valence-electron chi connectivity index (χ4n) is 3.93. The maximum Gasteiger partial charge on any atom is 0.248 e. The highest BCUT2D eigenvalue weighted by molar-refractivity contribution is 5.77. The van der Waals surface area contributed by atoms with Gasteiger partial charge in [-0.05, 0) is 12.8 Å². The van der Waals surface area contributed by atoms with E-state index >= 15 is 0 Å². The van der Waals surface area contributed by atoms with E-state index in [1.165, 1.54) is 7.11 Å². The second-order valence-corrected chi connectivity index (χ2v) is 7.17. The highest BCUT2D eigenvalue weighted by Crippen LogP contribution is 2.35. The zero-order valence-electron chi connectivity index (χ0n) is 14.9. The standard InChI is InChI=1S/C18H28N4O3/c1-3-6-22-11-15(9-19-22)10-20-7-4-18(24)5-8-21(13-16(18)12-20)17(23)14-25-2/h3,9,11,16,24H,1,4-8,10,12-14H2,2H3/t16-,18-/m1/s1. The van der Waals surface area contributed by atoms with Crippen molar-refractivity contribution >= 4 is 5.91 Å². The zero-order valence-corrected chi connectivity index (χ0v) is 14.9. The summed E-state index contributed by atoms with van der Waals surface area (Å²) in [6.45, 7) is 8.23. The summed E-state index contributed by atoms with van der Waals surface area (Å²) < 4.78 is 6.83. The predicted octanol–water partition coefficient (Wildman–Crippen LogP) is 0.501. The Morgan fingerprint density at radius 1 is 1.48 bits per heavy atom. The quantitative estimate of drug-likeness (QED) is 0.758. The van der Waals surface area contributed by atoms with Gasteiger partial charge < -0.3 is 14.7 Å². The number of aliphatic hydroxyl groups is 1. The van der Waals surface area contributed by atoms with E-state index in [2.05, 4.69) is 16.6 Å². The number of hydrogen-bond donors (Lipinski definition) is 1. The molecule has 2 aliphatic rings. The molecule has 1 aromatic rings.